The van der Waals surface area contributed by atoms with E-state index in [2.05, 4.69) is 26.0 Å². The van der Waals surface area contributed by atoms with Crippen molar-refractivity contribution >= 4 is 17.4 Å². The highest BCUT2D eigenvalue weighted by Gasteiger charge is 2.40. The maximum absolute atomic E-state index is 15.3. The van der Waals surface area contributed by atoms with Crippen molar-refractivity contribution in [1.82, 2.24) is 34.4 Å². The van der Waals surface area contributed by atoms with E-state index in [4.69, 9.17) is 10.8 Å². The van der Waals surface area contributed by atoms with Gasteiger partial charge in [-0.05, 0) is 55.3 Å². The summed E-state index contributed by atoms with van der Waals surface area (Å²) in [4.78, 5) is 31.4. The fraction of sp³-hybridized carbons (Fsp3) is 0.233. The van der Waals surface area contributed by atoms with Crippen LogP contribution in [0.2, 0.25) is 0 Å². The van der Waals surface area contributed by atoms with Gasteiger partial charge < -0.3 is 10.8 Å². The smallest absolute Gasteiger partial charge is 0.310 e. The van der Waals surface area contributed by atoms with E-state index in [1.165, 1.54) is 12.4 Å². The number of nitriles is 1. The second kappa shape index (κ2) is 10.6. The molecular weight excluding hydrogens is 537 g/mol. The first kappa shape index (κ1) is 26.9. The van der Waals surface area contributed by atoms with Gasteiger partial charge in [-0.25, -0.2) is 28.8 Å². The van der Waals surface area contributed by atoms with Gasteiger partial charge in [-0.15, -0.1) is 0 Å². The normalized spacial score (nSPS) is 17.0. The standard InChI is InChI=1S/C30H26FN9O2/c1-30(29(41)42)9-11-39(16-30)15-20-6-3-7-22(31)21(20)13-24-36-28-27(33)37-25(19-5-2-4-18(12-19)14-32)26(40(28)38-24)23-8-10-34-17-35-23/h2-8,10,12,17H,9,11,13,15-16H2,1H3,(H2,33,37)(H,41,42). The monoisotopic (exact) mass is 563 g/mol. The summed E-state index contributed by atoms with van der Waals surface area (Å²) < 4.78 is 16.8. The topological polar surface area (TPSA) is 159 Å². The Balaban J connectivity index is 1.42. The van der Waals surface area contributed by atoms with Gasteiger partial charge in [-0.1, -0.05) is 24.3 Å². The summed E-state index contributed by atoms with van der Waals surface area (Å²) in [5, 5.41) is 23.8. The van der Waals surface area contributed by atoms with Crippen LogP contribution in [-0.4, -0.2) is 58.6 Å². The lowest BCUT2D eigenvalue weighted by molar-refractivity contribution is -0.147. The van der Waals surface area contributed by atoms with Gasteiger partial charge in [0.1, 0.15) is 23.5 Å². The van der Waals surface area contributed by atoms with Crippen molar-refractivity contribution in [2.45, 2.75) is 26.3 Å². The van der Waals surface area contributed by atoms with Crippen molar-refractivity contribution in [2.75, 3.05) is 18.8 Å². The Morgan fingerprint density at radius 3 is 2.79 bits per heavy atom. The highest BCUT2D eigenvalue weighted by atomic mass is 19.1. The molecule has 1 unspecified atom stereocenters. The maximum Gasteiger partial charge on any atom is 0.310 e. The molecule has 2 aromatic carbocycles. The van der Waals surface area contributed by atoms with E-state index in [1.807, 2.05) is 17.0 Å². The third-order valence-electron chi connectivity index (χ3n) is 7.65. The number of nitrogen functional groups attached to an aromatic ring is 1. The van der Waals surface area contributed by atoms with Crippen molar-refractivity contribution in [3.63, 3.8) is 0 Å². The van der Waals surface area contributed by atoms with Crippen molar-refractivity contribution in [1.29, 1.82) is 5.26 Å². The van der Waals surface area contributed by atoms with Gasteiger partial charge >= 0.3 is 5.97 Å². The molecule has 1 saturated heterocycles. The molecule has 5 aromatic rings. The number of nitrogens with two attached hydrogens (primary N) is 1. The molecule has 6 rings (SSSR count). The summed E-state index contributed by atoms with van der Waals surface area (Å²) in [6.07, 6.45) is 3.61. The number of anilines is 1. The number of likely N-dealkylation sites (tertiary alicyclic amines) is 1. The van der Waals surface area contributed by atoms with Crippen molar-refractivity contribution in [3.8, 4) is 28.7 Å². The van der Waals surface area contributed by atoms with Crippen LogP contribution in [0, 0.1) is 22.6 Å². The van der Waals surface area contributed by atoms with Crippen molar-refractivity contribution < 1.29 is 14.3 Å². The van der Waals surface area contributed by atoms with Crippen LogP contribution in [0.3, 0.4) is 0 Å². The zero-order chi connectivity index (χ0) is 29.4. The van der Waals surface area contributed by atoms with Gasteiger partial charge in [0, 0.05) is 31.3 Å². The lowest BCUT2D eigenvalue weighted by Crippen LogP contribution is -2.31. The summed E-state index contributed by atoms with van der Waals surface area (Å²) in [5.41, 5.74) is 9.55. The number of fused-ring (bicyclic) bond motifs is 1. The lowest BCUT2D eigenvalue weighted by atomic mass is 9.90. The van der Waals surface area contributed by atoms with E-state index in [1.54, 1.807) is 48.0 Å². The molecule has 3 aromatic heterocycles. The third kappa shape index (κ3) is 4.90. The van der Waals surface area contributed by atoms with Crippen LogP contribution in [0.1, 0.15) is 35.9 Å². The first-order chi connectivity index (χ1) is 20.3. The highest BCUT2D eigenvalue weighted by molar-refractivity contribution is 5.81. The molecule has 0 spiro atoms. The molecule has 3 N–H and O–H groups in total. The Labute approximate surface area is 240 Å². The molecule has 12 heteroatoms. The largest absolute Gasteiger partial charge is 0.481 e. The van der Waals surface area contributed by atoms with E-state index in [9.17, 15) is 15.2 Å². The van der Waals surface area contributed by atoms with Gasteiger partial charge in [0.25, 0.3) is 0 Å². The zero-order valence-electron chi connectivity index (χ0n) is 22.7. The van der Waals surface area contributed by atoms with Crippen molar-refractivity contribution in [2.24, 2.45) is 5.41 Å². The second-order valence-corrected chi connectivity index (χ2v) is 10.6. The number of aliphatic carboxylic acids is 1. The number of carboxylic acid groups (broad SMARTS) is 1. The molecular formula is C30H26FN9O2. The van der Waals surface area contributed by atoms with Crippen LogP contribution in [0.4, 0.5) is 10.2 Å². The predicted octanol–water partition coefficient (Wildman–Crippen LogP) is 3.73. The molecule has 1 fully saturated rings. The minimum atomic E-state index is -0.831. The Bertz CT molecular complexity index is 1870. The molecule has 0 bridgehead atoms. The second-order valence-electron chi connectivity index (χ2n) is 10.6. The number of rotatable bonds is 7. The van der Waals surface area contributed by atoms with Gasteiger partial charge in [-0.3, -0.25) is 9.69 Å². The summed E-state index contributed by atoms with van der Waals surface area (Å²) in [6, 6.07) is 15.7. The molecule has 1 aliphatic rings. The van der Waals surface area contributed by atoms with Crippen LogP contribution in [-0.2, 0) is 17.8 Å². The number of aromatic nitrogens is 6. The quantitative estimate of drug-likeness (QED) is 0.299. The summed E-state index contributed by atoms with van der Waals surface area (Å²) in [7, 11) is 0. The van der Waals surface area contributed by atoms with E-state index < -0.39 is 17.2 Å². The first-order valence-corrected chi connectivity index (χ1v) is 13.3. The fourth-order valence-electron chi connectivity index (χ4n) is 5.39. The average molecular weight is 564 g/mol. The fourth-order valence-corrected chi connectivity index (χ4v) is 5.39. The molecule has 42 heavy (non-hydrogen) atoms. The van der Waals surface area contributed by atoms with Crippen LogP contribution in [0.5, 0.6) is 0 Å². The van der Waals surface area contributed by atoms with Gasteiger partial charge in [0.05, 0.1) is 22.7 Å². The van der Waals surface area contributed by atoms with E-state index in [-0.39, 0.29) is 17.9 Å². The third-order valence-corrected chi connectivity index (χ3v) is 7.65. The number of carboxylic acids is 1. The predicted molar refractivity (Wildman–Crippen MR) is 151 cm³/mol. The minimum absolute atomic E-state index is 0.0790. The zero-order valence-corrected chi connectivity index (χ0v) is 22.7. The molecule has 4 heterocycles. The van der Waals surface area contributed by atoms with E-state index in [0.29, 0.717) is 65.7 Å². The molecule has 210 valence electrons. The Kier molecular flexibility index (Phi) is 6.80. The van der Waals surface area contributed by atoms with Crippen LogP contribution in [0.25, 0.3) is 28.3 Å². The summed E-state index contributed by atoms with van der Waals surface area (Å²) >= 11 is 0. The summed E-state index contributed by atoms with van der Waals surface area (Å²) in [5.74, 6) is -0.793. The SMILES string of the molecule is CC1(C(=O)O)CCN(Cc2cccc(F)c2Cc2nc3c(N)nc(-c4cccc(C#N)c4)c(-c4ccncn4)n3n2)C1. The van der Waals surface area contributed by atoms with Crippen LogP contribution >= 0.6 is 0 Å². The molecule has 0 aliphatic carbocycles. The highest BCUT2D eigenvalue weighted by Crippen LogP contribution is 2.34. The Morgan fingerprint density at radius 1 is 1.21 bits per heavy atom. The molecule has 0 saturated carbocycles. The molecule has 0 amide bonds. The maximum atomic E-state index is 15.3. The Morgan fingerprint density at radius 2 is 2.05 bits per heavy atom. The van der Waals surface area contributed by atoms with E-state index in [0.717, 1.165) is 5.56 Å². The number of benzene rings is 2. The van der Waals surface area contributed by atoms with Gasteiger partial charge in [-0.2, -0.15) is 10.4 Å². The first-order valence-electron chi connectivity index (χ1n) is 13.3. The summed E-state index contributed by atoms with van der Waals surface area (Å²) in [6.45, 7) is 3.12. The van der Waals surface area contributed by atoms with Gasteiger partial charge in [0.2, 0.25) is 0 Å². The lowest BCUT2D eigenvalue weighted by Gasteiger charge is -2.21. The average Bonchev–Trinajstić information content (AvgIpc) is 3.59. The number of carbonyl (C=O) groups is 1. The molecule has 1 aliphatic heterocycles. The minimum Gasteiger partial charge on any atom is -0.481 e. The number of hydrogen-bond donors (Lipinski definition) is 2. The van der Waals surface area contributed by atoms with Crippen LogP contribution in [0.15, 0.2) is 61.1 Å². The number of hydrogen-bond acceptors (Lipinski definition) is 9. The van der Waals surface area contributed by atoms with Crippen molar-refractivity contribution in [3.05, 3.63) is 89.4 Å². The van der Waals surface area contributed by atoms with Crippen LogP contribution < -0.4 is 5.73 Å². The Hall–Kier alpha value is -5.28. The number of halogens is 1. The molecule has 1 atom stereocenters. The van der Waals surface area contributed by atoms with E-state index >= 15 is 4.39 Å². The number of nitrogens with zero attached hydrogens (tertiary/aromatic N) is 8. The van der Waals surface area contributed by atoms with Gasteiger partial charge in [0.15, 0.2) is 17.3 Å². The molecule has 0 radical (unpaired) electrons. The molecule has 11 nitrogen and oxygen atoms in total.